The van der Waals surface area contributed by atoms with E-state index < -0.39 is 0 Å². The Balaban J connectivity index is 2.31. The molecule has 0 bridgehead atoms. The summed E-state index contributed by atoms with van der Waals surface area (Å²) in [4.78, 5) is 2.40. The second-order valence-corrected chi connectivity index (χ2v) is 3.44. The van der Waals surface area contributed by atoms with Crippen LogP contribution in [0.2, 0.25) is 0 Å². The Kier molecular flexibility index (Phi) is 4.58. The van der Waals surface area contributed by atoms with Gasteiger partial charge in [-0.25, -0.2) is 0 Å². The van der Waals surface area contributed by atoms with E-state index in [0.717, 1.165) is 19.6 Å². The molecule has 1 rings (SSSR count). The molecule has 1 aliphatic rings. The lowest BCUT2D eigenvalue weighted by molar-refractivity contribution is 0.0698. The van der Waals surface area contributed by atoms with E-state index >= 15 is 0 Å². The summed E-state index contributed by atoms with van der Waals surface area (Å²) >= 11 is 0. The van der Waals surface area contributed by atoms with Crippen molar-refractivity contribution in [1.29, 1.82) is 0 Å². The molecule has 0 aromatic heterocycles. The predicted molar refractivity (Wildman–Crippen MR) is 50.1 cm³/mol. The number of hydrogen-bond donors (Lipinski definition) is 1. The van der Waals surface area contributed by atoms with Crippen LogP contribution in [-0.2, 0) is 4.74 Å². The van der Waals surface area contributed by atoms with Gasteiger partial charge in [0.1, 0.15) is 0 Å². The van der Waals surface area contributed by atoms with Crippen LogP contribution in [0.5, 0.6) is 0 Å². The Morgan fingerprint density at radius 3 is 3.00 bits per heavy atom. The van der Waals surface area contributed by atoms with Crippen molar-refractivity contribution in [1.82, 2.24) is 4.90 Å². The van der Waals surface area contributed by atoms with Crippen LogP contribution >= 0.6 is 0 Å². The molecule has 1 saturated heterocycles. The molecular weight excluding hydrogens is 152 g/mol. The Bertz CT molecular complexity index is 119. The molecule has 1 atom stereocenters. The Hall–Kier alpha value is -0.120. The molecule has 2 N–H and O–H groups in total. The van der Waals surface area contributed by atoms with Gasteiger partial charge in [-0.05, 0) is 25.8 Å². The summed E-state index contributed by atoms with van der Waals surface area (Å²) in [6.07, 6.45) is 4.22. The highest BCUT2D eigenvalue weighted by Gasteiger charge is 2.16. The van der Waals surface area contributed by atoms with E-state index in [0.29, 0.717) is 6.10 Å². The number of rotatable bonds is 3. The molecule has 0 spiro atoms. The molecular formula is C9H20N2O. The van der Waals surface area contributed by atoms with Crippen LogP contribution in [0.3, 0.4) is 0 Å². The number of methoxy groups -OCH3 is 1. The van der Waals surface area contributed by atoms with E-state index in [1.165, 1.54) is 25.8 Å². The summed E-state index contributed by atoms with van der Waals surface area (Å²) in [6, 6.07) is 0. The first kappa shape index (κ1) is 9.96. The van der Waals surface area contributed by atoms with Gasteiger partial charge in [0.2, 0.25) is 0 Å². The normalized spacial score (nSPS) is 27.0. The van der Waals surface area contributed by atoms with Crippen molar-refractivity contribution < 1.29 is 4.74 Å². The maximum Gasteiger partial charge on any atom is 0.0698 e. The lowest BCUT2D eigenvalue weighted by Crippen LogP contribution is -2.35. The minimum absolute atomic E-state index is 0.430. The quantitative estimate of drug-likeness (QED) is 0.671. The van der Waals surface area contributed by atoms with Crippen LogP contribution in [-0.4, -0.2) is 44.3 Å². The lowest BCUT2D eigenvalue weighted by atomic mass is 10.2. The molecule has 0 aromatic rings. The summed E-state index contributed by atoms with van der Waals surface area (Å²) in [6.45, 7) is 4.03. The third kappa shape index (κ3) is 3.09. The van der Waals surface area contributed by atoms with Crippen molar-refractivity contribution in [3.63, 3.8) is 0 Å². The fourth-order valence-electron chi connectivity index (χ4n) is 1.76. The summed E-state index contributed by atoms with van der Waals surface area (Å²) < 4.78 is 5.37. The van der Waals surface area contributed by atoms with Crippen LogP contribution in [0.1, 0.15) is 19.3 Å². The molecule has 1 aliphatic heterocycles. The first-order chi connectivity index (χ1) is 5.86. The molecule has 3 nitrogen and oxygen atoms in total. The van der Waals surface area contributed by atoms with E-state index in [-0.39, 0.29) is 0 Å². The minimum Gasteiger partial charge on any atom is -0.380 e. The highest BCUT2D eigenvalue weighted by Crippen LogP contribution is 2.11. The molecule has 12 heavy (non-hydrogen) atoms. The maximum atomic E-state index is 5.51. The predicted octanol–water partition coefficient (Wildman–Crippen LogP) is 0.446. The molecule has 1 unspecified atom stereocenters. The van der Waals surface area contributed by atoms with Crippen LogP contribution in [0, 0.1) is 0 Å². The largest absolute Gasteiger partial charge is 0.380 e. The number of nitrogens with zero attached hydrogens (tertiary/aromatic N) is 1. The number of likely N-dealkylation sites (tertiary alicyclic amines) is 1. The fourth-order valence-corrected chi connectivity index (χ4v) is 1.76. The van der Waals surface area contributed by atoms with Gasteiger partial charge in [-0.15, -0.1) is 0 Å². The van der Waals surface area contributed by atoms with Gasteiger partial charge in [0.15, 0.2) is 0 Å². The number of nitrogens with two attached hydrogens (primary N) is 1. The van der Waals surface area contributed by atoms with Crippen LogP contribution in [0.4, 0.5) is 0 Å². The Morgan fingerprint density at radius 2 is 2.33 bits per heavy atom. The maximum absolute atomic E-state index is 5.51. The smallest absolute Gasteiger partial charge is 0.0698 e. The molecule has 0 aromatic carbocycles. The van der Waals surface area contributed by atoms with Crippen LogP contribution in [0.15, 0.2) is 0 Å². The summed E-state index contributed by atoms with van der Waals surface area (Å²) in [5.41, 5.74) is 5.51. The zero-order valence-corrected chi connectivity index (χ0v) is 7.96. The average Bonchev–Trinajstić information content (AvgIpc) is 2.30. The second-order valence-electron chi connectivity index (χ2n) is 3.44. The van der Waals surface area contributed by atoms with Gasteiger partial charge in [-0.1, -0.05) is 0 Å². The van der Waals surface area contributed by atoms with Gasteiger partial charge in [-0.2, -0.15) is 0 Å². The minimum atomic E-state index is 0.430. The van der Waals surface area contributed by atoms with Gasteiger partial charge < -0.3 is 10.5 Å². The molecule has 0 aliphatic carbocycles. The van der Waals surface area contributed by atoms with Crippen molar-refractivity contribution >= 4 is 0 Å². The van der Waals surface area contributed by atoms with Crippen molar-refractivity contribution in [3.8, 4) is 0 Å². The monoisotopic (exact) mass is 172 g/mol. The zero-order valence-electron chi connectivity index (χ0n) is 7.96. The topological polar surface area (TPSA) is 38.5 Å². The fraction of sp³-hybridized carbons (Fsp3) is 1.00. The SMILES string of the molecule is COC1CCCCN(CCN)C1. The third-order valence-electron chi connectivity index (χ3n) is 2.49. The Labute approximate surface area is 74.9 Å². The van der Waals surface area contributed by atoms with E-state index in [1.807, 2.05) is 0 Å². The van der Waals surface area contributed by atoms with Crippen molar-refractivity contribution in [3.05, 3.63) is 0 Å². The van der Waals surface area contributed by atoms with Gasteiger partial charge in [-0.3, -0.25) is 4.90 Å². The van der Waals surface area contributed by atoms with Gasteiger partial charge in [0, 0.05) is 26.7 Å². The number of ether oxygens (including phenoxy) is 1. The number of hydrogen-bond acceptors (Lipinski definition) is 3. The van der Waals surface area contributed by atoms with E-state index in [9.17, 15) is 0 Å². The summed E-state index contributed by atoms with van der Waals surface area (Å²) in [5, 5.41) is 0. The lowest BCUT2D eigenvalue weighted by Gasteiger charge is -2.22. The Morgan fingerprint density at radius 1 is 1.50 bits per heavy atom. The zero-order chi connectivity index (χ0) is 8.81. The summed E-state index contributed by atoms with van der Waals surface area (Å²) in [5.74, 6) is 0. The molecule has 1 heterocycles. The van der Waals surface area contributed by atoms with Gasteiger partial charge in [0.05, 0.1) is 6.10 Å². The first-order valence-corrected chi connectivity index (χ1v) is 4.82. The van der Waals surface area contributed by atoms with E-state index in [4.69, 9.17) is 10.5 Å². The molecule has 0 amide bonds. The summed E-state index contributed by atoms with van der Waals surface area (Å²) in [7, 11) is 1.80. The van der Waals surface area contributed by atoms with Crippen LogP contribution in [0.25, 0.3) is 0 Å². The van der Waals surface area contributed by atoms with Gasteiger partial charge in [0.25, 0.3) is 0 Å². The van der Waals surface area contributed by atoms with Crippen LogP contribution < -0.4 is 5.73 Å². The highest BCUT2D eigenvalue weighted by atomic mass is 16.5. The van der Waals surface area contributed by atoms with Crippen molar-refractivity contribution in [2.24, 2.45) is 5.73 Å². The van der Waals surface area contributed by atoms with Crippen molar-refractivity contribution in [2.75, 3.05) is 33.3 Å². The standard InChI is InChI=1S/C9H20N2O/c1-12-9-4-2-3-6-11(8-9)7-5-10/h9H,2-8,10H2,1H3. The molecule has 1 fully saturated rings. The first-order valence-electron chi connectivity index (χ1n) is 4.82. The average molecular weight is 172 g/mol. The van der Waals surface area contributed by atoms with E-state index in [1.54, 1.807) is 7.11 Å². The molecule has 72 valence electrons. The highest BCUT2D eigenvalue weighted by molar-refractivity contribution is 4.71. The second kappa shape index (κ2) is 5.51. The van der Waals surface area contributed by atoms with Gasteiger partial charge >= 0.3 is 0 Å². The molecule has 0 saturated carbocycles. The molecule has 0 radical (unpaired) electrons. The van der Waals surface area contributed by atoms with E-state index in [2.05, 4.69) is 4.90 Å². The molecule has 3 heteroatoms. The van der Waals surface area contributed by atoms with Crippen molar-refractivity contribution in [2.45, 2.75) is 25.4 Å². The third-order valence-corrected chi connectivity index (χ3v) is 2.49.